The van der Waals surface area contributed by atoms with Gasteiger partial charge in [-0.1, -0.05) is 92.8 Å². The lowest BCUT2D eigenvalue weighted by Crippen LogP contribution is -2.32. The molecule has 14 nitrogen and oxygen atoms in total. The van der Waals surface area contributed by atoms with Gasteiger partial charge in [0.15, 0.2) is 11.6 Å². The van der Waals surface area contributed by atoms with Crippen LogP contribution in [0.15, 0.2) is 105 Å². The summed E-state index contributed by atoms with van der Waals surface area (Å²) in [6.07, 6.45) is 0. The number of azo groups is 2. The molecule has 0 aromatic heterocycles. The molecular formula is C40H26Cl8N8O6. The van der Waals surface area contributed by atoms with E-state index in [1.165, 1.54) is 84.9 Å². The minimum Gasteiger partial charge on any atom is -0.322 e. The van der Waals surface area contributed by atoms with E-state index in [9.17, 15) is 28.8 Å². The molecule has 0 heterocycles. The number of halogens is 8. The molecule has 4 N–H and O–H groups in total. The second-order valence-corrected chi connectivity index (χ2v) is 16.2. The van der Waals surface area contributed by atoms with Gasteiger partial charge in [0.25, 0.3) is 23.6 Å². The molecular weight excluding hydrogens is 972 g/mol. The number of amides is 4. The number of Topliss-reactive ketones (excluding diaryl/α,β-unsaturated/α-hetero) is 2. The van der Waals surface area contributed by atoms with Crippen molar-refractivity contribution in [1.82, 2.24) is 0 Å². The van der Waals surface area contributed by atoms with Crippen LogP contribution in [0.4, 0.5) is 34.1 Å². The normalized spacial score (nSPS) is 12.2. The van der Waals surface area contributed by atoms with E-state index < -0.39 is 47.3 Å². The maximum absolute atomic E-state index is 13.3. The summed E-state index contributed by atoms with van der Waals surface area (Å²) in [5.41, 5.74) is 0.621. The van der Waals surface area contributed by atoms with Crippen molar-refractivity contribution >= 4 is 162 Å². The van der Waals surface area contributed by atoms with E-state index in [1.807, 2.05) is 0 Å². The Balaban J connectivity index is 1.27. The van der Waals surface area contributed by atoms with Crippen LogP contribution in [0.25, 0.3) is 0 Å². The molecule has 0 aliphatic heterocycles. The third kappa shape index (κ3) is 12.9. The molecule has 0 fully saturated rings. The van der Waals surface area contributed by atoms with Crippen molar-refractivity contribution in [3.8, 4) is 0 Å². The zero-order valence-electron chi connectivity index (χ0n) is 31.5. The fourth-order valence-electron chi connectivity index (χ4n) is 5.14. The maximum Gasteiger partial charge on any atom is 0.258 e. The van der Waals surface area contributed by atoms with Crippen LogP contribution < -0.4 is 21.3 Å². The fourth-order valence-corrected chi connectivity index (χ4v) is 6.92. The molecule has 2 unspecified atom stereocenters. The molecule has 0 saturated heterocycles. The van der Waals surface area contributed by atoms with Crippen molar-refractivity contribution < 1.29 is 28.8 Å². The van der Waals surface area contributed by atoms with Gasteiger partial charge in [0.05, 0.1) is 31.5 Å². The Hall–Kier alpha value is -5.16. The van der Waals surface area contributed by atoms with Gasteiger partial charge in [0, 0.05) is 42.6 Å². The van der Waals surface area contributed by atoms with Gasteiger partial charge < -0.3 is 21.3 Å². The molecule has 0 aliphatic rings. The zero-order valence-corrected chi connectivity index (χ0v) is 37.5. The van der Waals surface area contributed by atoms with Crippen molar-refractivity contribution in [2.75, 3.05) is 21.3 Å². The number of anilines is 4. The molecule has 5 rings (SSSR count). The average molecular weight is 998 g/mol. The highest BCUT2D eigenvalue weighted by atomic mass is 35.5. The van der Waals surface area contributed by atoms with Gasteiger partial charge in [-0.2, -0.15) is 20.5 Å². The van der Waals surface area contributed by atoms with E-state index in [-0.39, 0.29) is 54.0 Å². The molecule has 0 aliphatic carbocycles. The summed E-state index contributed by atoms with van der Waals surface area (Å²) in [6.45, 7) is 2.20. The van der Waals surface area contributed by atoms with Crippen LogP contribution in [0.5, 0.6) is 0 Å². The molecule has 318 valence electrons. The quantitative estimate of drug-likeness (QED) is 0.0630. The number of nitrogens with zero attached hydrogens (tertiary/aromatic N) is 4. The standard InChI is InChI=1S/C40H26Cl8N8O6/c1-17(57)35(55-53-33-7-19(3-5-27(33)45)37(59)49-25-11-21(41)9-22(42)12-25)39(61)51-31-15-30(48)32(16-29(31)47)52-40(62)36(18(2)58)56-54-34-8-20(4-6-28(34)46)38(60)50-26-13-23(43)10-24(44)14-26/h3-16,35-36H,1-2H3,(H,49,59)(H,50,60)(H,51,61)(H,52,62). The van der Waals surface area contributed by atoms with E-state index >= 15 is 0 Å². The van der Waals surface area contributed by atoms with Crippen molar-refractivity contribution in [3.05, 3.63) is 136 Å². The van der Waals surface area contributed by atoms with Crippen molar-refractivity contribution in [2.45, 2.75) is 25.9 Å². The largest absolute Gasteiger partial charge is 0.322 e. The zero-order chi connectivity index (χ0) is 45.4. The summed E-state index contributed by atoms with van der Waals surface area (Å²) >= 11 is 49.5. The van der Waals surface area contributed by atoms with Crippen molar-refractivity contribution in [1.29, 1.82) is 0 Å². The number of hydrogen-bond acceptors (Lipinski definition) is 10. The molecule has 0 spiro atoms. The van der Waals surface area contributed by atoms with E-state index in [1.54, 1.807) is 0 Å². The van der Waals surface area contributed by atoms with Gasteiger partial charge in [-0.15, -0.1) is 0 Å². The Kier molecular flexibility index (Phi) is 16.4. The summed E-state index contributed by atoms with van der Waals surface area (Å²) in [6, 6.07) is 16.1. The summed E-state index contributed by atoms with van der Waals surface area (Å²) in [7, 11) is 0. The fraction of sp³-hybridized carbons (Fsp3) is 0.100. The lowest BCUT2D eigenvalue weighted by Gasteiger charge is -2.15. The van der Waals surface area contributed by atoms with Crippen LogP contribution in [0.3, 0.4) is 0 Å². The Bertz CT molecular complexity index is 2490. The van der Waals surface area contributed by atoms with Crippen LogP contribution in [0.2, 0.25) is 40.2 Å². The highest BCUT2D eigenvalue weighted by Gasteiger charge is 2.27. The molecule has 0 saturated carbocycles. The van der Waals surface area contributed by atoms with E-state index in [0.29, 0.717) is 31.5 Å². The number of ketones is 2. The van der Waals surface area contributed by atoms with E-state index in [0.717, 1.165) is 13.8 Å². The molecule has 5 aromatic carbocycles. The number of nitrogens with one attached hydrogen (secondary N) is 4. The highest BCUT2D eigenvalue weighted by Crippen LogP contribution is 2.34. The number of carbonyl (C=O) groups is 6. The van der Waals surface area contributed by atoms with Gasteiger partial charge in [-0.25, -0.2) is 0 Å². The van der Waals surface area contributed by atoms with Crippen LogP contribution in [-0.2, 0) is 19.2 Å². The number of benzene rings is 5. The maximum atomic E-state index is 13.3. The molecule has 0 bridgehead atoms. The molecule has 4 amide bonds. The predicted octanol–water partition coefficient (Wildman–Crippen LogP) is 12.8. The van der Waals surface area contributed by atoms with Crippen molar-refractivity contribution in [3.63, 3.8) is 0 Å². The van der Waals surface area contributed by atoms with Gasteiger partial charge >= 0.3 is 0 Å². The highest BCUT2D eigenvalue weighted by molar-refractivity contribution is 6.39. The lowest BCUT2D eigenvalue weighted by atomic mass is 10.1. The van der Waals surface area contributed by atoms with Gasteiger partial charge in [0.2, 0.25) is 12.1 Å². The first kappa shape index (κ1) is 47.9. The summed E-state index contributed by atoms with van der Waals surface area (Å²) in [4.78, 5) is 77.5. The Labute approximate surface area is 392 Å². The number of hydrogen-bond donors (Lipinski definition) is 4. The molecule has 22 heteroatoms. The number of rotatable bonds is 14. The second kappa shape index (κ2) is 21.3. The SMILES string of the molecule is CC(=O)C(N=Nc1cc(C(=O)Nc2cc(Cl)cc(Cl)c2)ccc1Cl)C(=O)Nc1cc(Cl)c(NC(=O)C(N=Nc2cc(C(=O)Nc3cc(Cl)cc(Cl)c3)ccc2Cl)C(C)=O)cc1Cl. The molecule has 5 aromatic rings. The Morgan fingerprint density at radius 1 is 0.435 bits per heavy atom. The van der Waals surface area contributed by atoms with Gasteiger partial charge in [-0.3, -0.25) is 28.8 Å². The Morgan fingerprint density at radius 2 is 0.774 bits per heavy atom. The lowest BCUT2D eigenvalue weighted by molar-refractivity contribution is -0.127. The Morgan fingerprint density at radius 3 is 1.10 bits per heavy atom. The van der Waals surface area contributed by atoms with Crippen LogP contribution in [0.1, 0.15) is 34.6 Å². The summed E-state index contributed by atoms with van der Waals surface area (Å²) < 4.78 is 0. The monoisotopic (exact) mass is 994 g/mol. The van der Waals surface area contributed by atoms with E-state index in [4.69, 9.17) is 92.8 Å². The first-order valence-corrected chi connectivity index (χ1v) is 20.4. The summed E-state index contributed by atoms with van der Waals surface area (Å²) in [5.74, 6) is -4.51. The molecule has 2 atom stereocenters. The average Bonchev–Trinajstić information content (AvgIpc) is 3.17. The second-order valence-electron chi connectivity index (χ2n) is 12.8. The molecule has 0 radical (unpaired) electrons. The third-order valence-corrected chi connectivity index (χ3v) is 10.2. The van der Waals surface area contributed by atoms with Crippen LogP contribution in [0, 0.1) is 0 Å². The predicted molar refractivity (Wildman–Crippen MR) is 243 cm³/mol. The first-order valence-electron chi connectivity index (χ1n) is 17.3. The molecule has 62 heavy (non-hydrogen) atoms. The summed E-state index contributed by atoms with van der Waals surface area (Å²) in [5, 5.41) is 26.9. The van der Waals surface area contributed by atoms with Crippen LogP contribution >= 0.6 is 92.8 Å². The third-order valence-electron chi connectivity index (χ3n) is 8.06. The number of carbonyl (C=O) groups excluding carboxylic acids is 6. The van der Waals surface area contributed by atoms with E-state index in [2.05, 4.69) is 41.7 Å². The smallest absolute Gasteiger partial charge is 0.258 e. The van der Waals surface area contributed by atoms with Crippen LogP contribution in [-0.4, -0.2) is 47.3 Å². The minimum atomic E-state index is -1.71. The van der Waals surface area contributed by atoms with Gasteiger partial charge in [0.1, 0.15) is 11.4 Å². The topological polar surface area (TPSA) is 200 Å². The van der Waals surface area contributed by atoms with Gasteiger partial charge in [-0.05, 0) is 98.8 Å². The minimum absolute atomic E-state index is 0.0351. The first-order chi connectivity index (χ1) is 29.3. The van der Waals surface area contributed by atoms with Crippen molar-refractivity contribution in [2.24, 2.45) is 20.5 Å².